The molecule has 170 valence electrons. The van der Waals surface area contributed by atoms with Crippen LogP contribution in [0.5, 0.6) is 17.2 Å². The molecule has 2 N–H and O–H groups in total. The van der Waals surface area contributed by atoms with Crippen LogP contribution >= 0.6 is 0 Å². The number of nitrogens with zero attached hydrogens (tertiary/aromatic N) is 3. The molecule has 3 rings (SSSR count). The van der Waals surface area contributed by atoms with Gasteiger partial charge in [-0.1, -0.05) is 12.1 Å². The number of carbonyl (C=O) groups is 1. The second-order valence-electron chi connectivity index (χ2n) is 7.37. The van der Waals surface area contributed by atoms with E-state index >= 15 is 0 Å². The molecule has 0 spiro atoms. The highest BCUT2D eigenvalue weighted by atomic mass is 16.5. The van der Waals surface area contributed by atoms with Gasteiger partial charge in [0.1, 0.15) is 5.75 Å². The Morgan fingerprint density at radius 2 is 1.61 bits per heavy atom. The molecule has 0 aliphatic rings. The van der Waals surface area contributed by atoms with E-state index in [9.17, 15) is 9.90 Å². The molecule has 0 bridgehead atoms. The van der Waals surface area contributed by atoms with Crippen molar-refractivity contribution in [3.8, 4) is 17.2 Å². The van der Waals surface area contributed by atoms with Crippen molar-refractivity contribution >= 4 is 23.5 Å². The molecular weight excluding hydrogens is 420 g/mol. The molecule has 0 atom stereocenters. The Balaban J connectivity index is 1.64. The number of phenolic OH excluding ortho intramolecular Hbond substituents is 1. The van der Waals surface area contributed by atoms with Crippen LogP contribution in [-0.4, -0.2) is 31.4 Å². The van der Waals surface area contributed by atoms with E-state index in [0.717, 1.165) is 16.8 Å². The zero-order chi connectivity index (χ0) is 23.8. The first-order valence-electron chi connectivity index (χ1n) is 10.2. The lowest BCUT2D eigenvalue weighted by molar-refractivity contribution is -0.120. The van der Waals surface area contributed by atoms with Crippen LogP contribution in [0.25, 0.3) is 0 Å². The van der Waals surface area contributed by atoms with E-state index in [4.69, 9.17) is 9.47 Å². The third-order valence-electron chi connectivity index (χ3n) is 4.99. The van der Waals surface area contributed by atoms with Crippen molar-refractivity contribution in [2.24, 2.45) is 15.3 Å². The Labute approximate surface area is 192 Å². The number of methoxy groups -OCH3 is 2. The SMILES string of the molecule is COc1ccc(CC(=O)N/N=C\c2cc(N=Nc3ccc(C)c(C)c3)ccc2O)cc1OC. The highest BCUT2D eigenvalue weighted by Gasteiger charge is 2.08. The first-order valence-corrected chi connectivity index (χ1v) is 10.2. The van der Waals surface area contributed by atoms with E-state index in [1.807, 2.05) is 32.0 Å². The summed E-state index contributed by atoms with van der Waals surface area (Å²) in [4.78, 5) is 12.2. The summed E-state index contributed by atoms with van der Waals surface area (Å²) in [6.45, 7) is 4.05. The first kappa shape index (κ1) is 23.5. The number of ether oxygens (including phenoxy) is 2. The number of hydrogen-bond acceptors (Lipinski definition) is 7. The average Bonchev–Trinajstić information content (AvgIpc) is 2.81. The molecular formula is C25H26N4O4. The van der Waals surface area contributed by atoms with Crippen LogP contribution in [0.15, 0.2) is 69.9 Å². The monoisotopic (exact) mass is 446 g/mol. The normalized spacial score (nSPS) is 11.2. The number of hydrazone groups is 1. The maximum atomic E-state index is 12.2. The Kier molecular flexibility index (Phi) is 7.75. The van der Waals surface area contributed by atoms with Crippen molar-refractivity contribution < 1.29 is 19.4 Å². The number of amides is 1. The van der Waals surface area contributed by atoms with Gasteiger partial charge in [0.2, 0.25) is 5.91 Å². The highest BCUT2D eigenvalue weighted by Crippen LogP contribution is 2.28. The van der Waals surface area contributed by atoms with Crippen LogP contribution in [0.1, 0.15) is 22.3 Å². The van der Waals surface area contributed by atoms with Gasteiger partial charge in [-0.3, -0.25) is 4.79 Å². The molecule has 0 saturated carbocycles. The zero-order valence-electron chi connectivity index (χ0n) is 19.0. The van der Waals surface area contributed by atoms with Gasteiger partial charge in [-0.2, -0.15) is 15.3 Å². The largest absolute Gasteiger partial charge is 0.507 e. The molecule has 8 nitrogen and oxygen atoms in total. The van der Waals surface area contributed by atoms with E-state index in [2.05, 4.69) is 20.8 Å². The molecule has 0 radical (unpaired) electrons. The van der Waals surface area contributed by atoms with Crippen molar-refractivity contribution in [3.63, 3.8) is 0 Å². The summed E-state index contributed by atoms with van der Waals surface area (Å²) < 4.78 is 10.4. The molecule has 3 aromatic carbocycles. The molecule has 1 amide bonds. The summed E-state index contributed by atoms with van der Waals surface area (Å²) in [6, 6.07) is 15.9. The van der Waals surface area contributed by atoms with Gasteiger partial charge in [0.05, 0.1) is 38.2 Å². The first-order chi connectivity index (χ1) is 15.9. The van der Waals surface area contributed by atoms with Gasteiger partial charge in [-0.25, -0.2) is 5.43 Å². The number of hydrogen-bond donors (Lipinski definition) is 2. The van der Waals surface area contributed by atoms with Crippen molar-refractivity contribution in [1.29, 1.82) is 0 Å². The van der Waals surface area contributed by atoms with E-state index < -0.39 is 0 Å². The number of phenols is 1. The fraction of sp³-hybridized carbons (Fsp3) is 0.200. The van der Waals surface area contributed by atoms with Gasteiger partial charge >= 0.3 is 0 Å². The zero-order valence-corrected chi connectivity index (χ0v) is 19.0. The van der Waals surface area contributed by atoms with Crippen molar-refractivity contribution in [1.82, 2.24) is 5.43 Å². The minimum atomic E-state index is -0.316. The Morgan fingerprint density at radius 3 is 2.30 bits per heavy atom. The summed E-state index contributed by atoms with van der Waals surface area (Å²) in [7, 11) is 3.09. The molecule has 8 heteroatoms. The molecule has 0 fully saturated rings. The number of azo groups is 1. The van der Waals surface area contributed by atoms with E-state index in [1.165, 1.54) is 25.0 Å². The van der Waals surface area contributed by atoms with Crippen LogP contribution in [-0.2, 0) is 11.2 Å². The summed E-state index contributed by atoms with van der Waals surface area (Å²) in [6.07, 6.45) is 1.46. The third-order valence-corrected chi connectivity index (χ3v) is 4.99. The van der Waals surface area contributed by atoms with Gasteiger partial charge < -0.3 is 14.6 Å². The second kappa shape index (κ2) is 10.9. The van der Waals surface area contributed by atoms with Crippen LogP contribution in [0.3, 0.4) is 0 Å². The molecule has 0 saturated heterocycles. The van der Waals surface area contributed by atoms with Gasteiger partial charge in [0.25, 0.3) is 0 Å². The number of rotatable bonds is 8. The standard InChI is InChI=1S/C25H26N4O4/c1-16-5-7-20(11-17(16)2)27-28-21-8-9-22(30)19(14-21)15-26-29-25(31)13-18-6-10-23(32-3)24(12-18)33-4/h5-12,14-15,30H,13H2,1-4H3,(H,29,31)/b26-15-,28-27?. The van der Waals surface area contributed by atoms with E-state index in [1.54, 1.807) is 37.4 Å². The maximum absolute atomic E-state index is 12.2. The number of nitrogens with one attached hydrogen (secondary N) is 1. The fourth-order valence-corrected chi connectivity index (χ4v) is 3.00. The molecule has 0 heterocycles. The van der Waals surface area contributed by atoms with E-state index in [0.29, 0.717) is 22.7 Å². The van der Waals surface area contributed by atoms with Gasteiger partial charge in [-0.15, -0.1) is 0 Å². The molecule has 0 aliphatic carbocycles. The highest BCUT2D eigenvalue weighted by molar-refractivity contribution is 5.86. The summed E-state index contributed by atoms with van der Waals surface area (Å²) in [5.74, 6) is 0.828. The van der Waals surface area contributed by atoms with Gasteiger partial charge in [0, 0.05) is 5.56 Å². The topological polar surface area (TPSA) is 105 Å². The molecule has 33 heavy (non-hydrogen) atoms. The maximum Gasteiger partial charge on any atom is 0.244 e. The summed E-state index contributed by atoms with van der Waals surface area (Å²) in [5, 5.41) is 22.5. The lowest BCUT2D eigenvalue weighted by Crippen LogP contribution is -2.19. The van der Waals surface area contributed by atoms with Crippen LogP contribution in [0, 0.1) is 13.8 Å². The molecule has 0 aliphatic heterocycles. The Bertz CT molecular complexity index is 1210. The predicted molar refractivity (Wildman–Crippen MR) is 127 cm³/mol. The smallest absolute Gasteiger partial charge is 0.244 e. The summed E-state index contributed by atoms with van der Waals surface area (Å²) in [5.41, 5.74) is 7.21. The van der Waals surface area contributed by atoms with E-state index in [-0.39, 0.29) is 18.1 Å². The summed E-state index contributed by atoms with van der Waals surface area (Å²) >= 11 is 0. The van der Waals surface area contributed by atoms with Crippen molar-refractivity contribution in [2.45, 2.75) is 20.3 Å². The quantitative estimate of drug-likeness (QED) is 0.284. The number of benzene rings is 3. The van der Waals surface area contributed by atoms with Crippen molar-refractivity contribution in [2.75, 3.05) is 14.2 Å². The second-order valence-corrected chi connectivity index (χ2v) is 7.37. The number of aromatic hydroxyl groups is 1. The Morgan fingerprint density at radius 1 is 0.909 bits per heavy atom. The number of carbonyl (C=O) groups excluding carboxylic acids is 1. The number of aryl methyl sites for hydroxylation is 2. The molecule has 0 aromatic heterocycles. The van der Waals surface area contributed by atoms with Crippen molar-refractivity contribution in [3.05, 3.63) is 76.9 Å². The fourth-order valence-electron chi connectivity index (χ4n) is 3.00. The molecule has 0 unspecified atom stereocenters. The minimum Gasteiger partial charge on any atom is -0.507 e. The lowest BCUT2D eigenvalue weighted by Gasteiger charge is -2.09. The Hall–Kier alpha value is -4.20. The van der Waals surface area contributed by atoms with Crippen LogP contribution in [0.4, 0.5) is 11.4 Å². The molecule has 3 aromatic rings. The van der Waals surface area contributed by atoms with Crippen LogP contribution < -0.4 is 14.9 Å². The van der Waals surface area contributed by atoms with Crippen LogP contribution in [0.2, 0.25) is 0 Å². The predicted octanol–water partition coefficient (Wildman–Crippen LogP) is 5.13. The lowest BCUT2D eigenvalue weighted by atomic mass is 10.1. The van der Waals surface area contributed by atoms with Gasteiger partial charge in [-0.05, 0) is 73.0 Å². The van der Waals surface area contributed by atoms with Gasteiger partial charge in [0.15, 0.2) is 11.5 Å². The average molecular weight is 447 g/mol. The third kappa shape index (κ3) is 6.39. The minimum absolute atomic E-state index is 0.0121.